The molecular weight excluding hydrogens is 356 g/mol. The van der Waals surface area contributed by atoms with Gasteiger partial charge in [-0.3, -0.25) is 4.99 Å². The molecule has 0 fully saturated rings. The lowest BCUT2D eigenvalue weighted by molar-refractivity contribution is 0.376. The van der Waals surface area contributed by atoms with Gasteiger partial charge in [-0.15, -0.1) is 0 Å². The number of aryl methyl sites for hydroxylation is 1. The molecule has 1 unspecified atom stereocenters. The minimum absolute atomic E-state index is 0.0959. The van der Waals surface area contributed by atoms with Crippen molar-refractivity contribution in [3.63, 3.8) is 0 Å². The largest absolute Gasteiger partial charge is 0.506 e. The normalized spacial score (nSPS) is 18.7. The molecule has 1 N–H and O–H groups in total. The van der Waals surface area contributed by atoms with Crippen LogP contribution in [0.25, 0.3) is 0 Å². The predicted octanol–water partition coefficient (Wildman–Crippen LogP) is 6.61. The summed E-state index contributed by atoms with van der Waals surface area (Å²) in [5.74, 6) is 0.596. The summed E-state index contributed by atoms with van der Waals surface area (Å²) in [5.41, 5.74) is 5.71. The Balaban J connectivity index is 2.00. The van der Waals surface area contributed by atoms with Crippen LogP contribution in [0.5, 0.6) is 5.75 Å². The summed E-state index contributed by atoms with van der Waals surface area (Å²) >= 11 is 5.90. The Morgan fingerprint density at radius 2 is 2.04 bits per heavy atom. The molecule has 0 aromatic heterocycles. The van der Waals surface area contributed by atoms with Gasteiger partial charge in [-0.1, -0.05) is 25.4 Å². The molecule has 1 atom stereocenters. The fourth-order valence-electron chi connectivity index (χ4n) is 4.18. The Kier molecular flexibility index (Phi) is 5.53. The third-order valence-corrected chi connectivity index (χ3v) is 5.74. The van der Waals surface area contributed by atoms with Crippen molar-refractivity contribution in [3.05, 3.63) is 52.0 Å². The Bertz CT molecular complexity index is 873. The van der Waals surface area contributed by atoms with E-state index in [1.165, 1.54) is 22.9 Å². The standard InChI is InChI=1S/C23H29ClN2O/c1-6-9-26-21-10-15(2)17(11-19(21)16(3)13-23(26,4)5)14-25-20-8-7-18(24)12-22(20)27/h7-8,10-12,14,16,27H,6,9,13H2,1-5H3. The van der Waals surface area contributed by atoms with E-state index in [2.05, 4.69) is 56.6 Å². The van der Waals surface area contributed by atoms with Crippen LogP contribution < -0.4 is 4.90 Å². The zero-order chi connectivity index (χ0) is 19.8. The van der Waals surface area contributed by atoms with Gasteiger partial charge in [0, 0.05) is 35.1 Å². The average molecular weight is 385 g/mol. The minimum atomic E-state index is 0.0959. The third-order valence-electron chi connectivity index (χ3n) is 5.50. The number of nitrogens with zero attached hydrogens (tertiary/aromatic N) is 2. The van der Waals surface area contributed by atoms with Crippen molar-refractivity contribution in [1.82, 2.24) is 0 Å². The maximum absolute atomic E-state index is 10.0. The predicted molar refractivity (Wildman–Crippen MR) is 116 cm³/mol. The molecule has 27 heavy (non-hydrogen) atoms. The summed E-state index contributed by atoms with van der Waals surface area (Å²) in [4.78, 5) is 7.05. The summed E-state index contributed by atoms with van der Waals surface area (Å²) in [5, 5.41) is 10.5. The second kappa shape index (κ2) is 7.55. The van der Waals surface area contributed by atoms with Gasteiger partial charge in [-0.05, 0) is 80.5 Å². The van der Waals surface area contributed by atoms with Crippen LogP contribution in [0.2, 0.25) is 5.02 Å². The molecule has 0 amide bonds. The summed E-state index contributed by atoms with van der Waals surface area (Å²) < 4.78 is 0. The van der Waals surface area contributed by atoms with E-state index in [4.69, 9.17) is 11.6 Å². The van der Waals surface area contributed by atoms with Crippen LogP contribution >= 0.6 is 11.6 Å². The molecule has 3 nitrogen and oxygen atoms in total. The smallest absolute Gasteiger partial charge is 0.142 e. The van der Waals surface area contributed by atoms with E-state index in [1.807, 2.05) is 6.21 Å². The van der Waals surface area contributed by atoms with E-state index in [1.54, 1.807) is 12.1 Å². The zero-order valence-electron chi connectivity index (χ0n) is 16.9. The molecule has 0 saturated heterocycles. The average Bonchev–Trinajstić information content (AvgIpc) is 2.58. The maximum Gasteiger partial charge on any atom is 0.142 e. The van der Waals surface area contributed by atoms with Gasteiger partial charge in [-0.25, -0.2) is 0 Å². The number of hydrogen-bond donors (Lipinski definition) is 1. The van der Waals surface area contributed by atoms with Gasteiger partial charge in [0.05, 0.1) is 0 Å². The van der Waals surface area contributed by atoms with Gasteiger partial charge >= 0.3 is 0 Å². The van der Waals surface area contributed by atoms with Crippen molar-refractivity contribution in [2.24, 2.45) is 4.99 Å². The zero-order valence-corrected chi connectivity index (χ0v) is 17.6. The van der Waals surface area contributed by atoms with E-state index in [-0.39, 0.29) is 11.3 Å². The maximum atomic E-state index is 10.0. The number of phenolic OH excluding ortho intramolecular Hbond substituents is 1. The highest BCUT2D eigenvalue weighted by molar-refractivity contribution is 6.30. The van der Waals surface area contributed by atoms with Gasteiger partial charge < -0.3 is 10.0 Å². The summed E-state index contributed by atoms with van der Waals surface area (Å²) in [6.45, 7) is 12.4. The quantitative estimate of drug-likeness (QED) is 0.602. The number of benzene rings is 2. The van der Waals surface area contributed by atoms with Crippen LogP contribution in [-0.2, 0) is 0 Å². The topological polar surface area (TPSA) is 35.8 Å². The van der Waals surface area contributed by atoms with Crippen molar-refractivity contribution in [2.45, 2.75) is 58.9 Å². The van der Waals surface area contributed by atoms with E-state index in [0.717, 1.165) is 24.9 Å². The highest BCUT2D eigenvalue weighted by Gasteiger charge is 2.36. The van der Waals surface area contributed by atoms with Gasteiger partial charge in [0.15, 0.2) is 0 Å². The fraction of sp³-hybridized carbons (Fsp3) is 0.435. The van der Waals surface area contributed by atoms with Crippen LogP contribution in [0.1, 0.15) is 63.1 Å². The summed E-state index contributed by atoms with van der Waals surface area (Å²) in [6, 6.07) is 9.55. The van der Waals surface area contributed by atoms with E-state index < -0.39 is 0 Å². The third kappa shape index (κ3) is 3.98. The first kappa shape index (κ1) is 19.8. The number of anilines is 1. The molecule has 1 aliphatic heterocycles. The summed E-state index contributed by atoms with van der Waals surface area (Å²) in [6.07, 6.45) is 4.11. The Labute approximate surface area is 167 Å². The number of hydrogen-bond acceptors (Lipinski definition) is 3. The molecule has 0 radical (unpaired) electrons. The van der Waals surface area contributed by atoms with Crippen molar-refractivity contribution >= 4 is 29.2 Å². The van der Waals surface area contributed by atoms with Crippen LogP contribution in [0.15, 0.2) is 35.3 Å². The molecule has 2 aromatic rings. The van der Waals surface area contributed by atoms with Gasteiger partial charge in [0.25, 0.3) is 0 Å². The first-order valence-corrected chi connectivity index (χ1v) is 10.1. The molecule has 0 bridgehead atoms. The van der Waals surface area contributed by atoms with Crippen molar-refractivity contribution < 1.29 is 5.11 Å². The molecule has 3 rings (SSSR count). The van der Waals surface area contributed by atoms with E-state index in [0.29, 0.717) is 16.6 Å². The molecule has 2 aromatic carbocycles. The molecule has 0 spiro atoms. The number of rotatable bonds is 4. The first-order valence-electron chi connectivity index (χ1n) is 9.67. The van der Waals surface area contributed by atoms with Crippen LogP contribution in [0.3, 0.4) is 0 Å². The van der Waals surface area contributed by atoms with Crippen LogP contribution in [-0.4, -0.2) is 23.4 Å². The van der Waals surface area contributed by atoms with Crippen molar-refractivity contribution in [3.8, 4) is 5.75 Å². The Morgan fingerprint density at radius 3 is 2.70 bits per heavy atom. The fourth-order valence-corrected chi connectivity index (χ4v) is 4.35. The van der Waals surface area contributed by atoms with E-state index in [9.17, 15) is 5.11 Å². The molecular formula is C23H29ClN2O. The lowest BCUT2D eigenvalue weighted by atomic mass is 9.79. The van der Waals surface area contributed by atoms with E-state index >= 15 is 0 Å². The van der Waals surface area contributed by atoms with Gasteiger partial charge in [0.1, 0.15) is 11.4 Å². The number of fused-ring (bicyclic) bond motifs is 1. The molecule has 0 saturated carbocycles. The SMILES string of the molecule is CCCN1c2cc(C)c(C=Nc3ccc(Cl)cc3O)cc2C(C)CC1(C)C. The van der Waals surface area contributed by atoms with Gasteiger partial charge in [0.2, 0.25) is 0 Å². The summed E-state index contributed by atoms with van der Waals surface area (Å²) in [7, 11) is 0. The minimum Gasteiger partial charge on any atom is -0.506 e. The lowest BCUT2D eigenvalue weighted by Gasteiger charge is -2.48. The van der Waals surface area contributed by atoms with Crippen LogP contribution in [0.4, 0.5) is 11.4 Å². The van der Waals surface area contributed by atoms with Gasteiger partial charge in [-0.2, -0.15) is 0 Å². The Morgan fingerprint density at radius 1 is 1.30 bits per heavy atom. The molecule has 1 aliphatic rings. The van der Waals surface area contributed by atoms with Crippen LogP contribution in [0, 0.1) is 6.92 Å². The highest BCUT2D eigenvalue weighted by Crippen LogP contribution is 2.44. The van der Waals surface area contributed by atoms with Crippen molar-refractivity contribution in [1.29, 1.82) is 0 Å². The second-order valence-corrected chi connectivity index (χ2v) is 8.66. The van der Waals surface area contributed by atoms with Crippen molar-refractivity contribution in [2.75, 3.05) is 11.4 Å². The Hall–Kier alpha value is -2.00. The lowest BCUT2D eigenvalue weighted by Crippen LogP contribution is -2.48. The molecule has 144 valence electrons. The highest BCUT2D eigenvalue weighted by atomic mass is 35.5. The molecule has 1 heterocycles. The molecule has 0 aliphatic carbocycles. The number of aliphatic imine (C=N–C) groups is 1. The number of halogens is 1. The number of aromatic hydroxyl groups is 1. The number of phenols is 1. The second-order valence-electron chi connectivity index (χ2n) is 8.23. The monoisotopic (exact) mass is 384 g/mol. The first-order chi connectivity index (χ1) is 12.7. The molecule has 4 heteroatoms.